The van der Waals surface area contributed by atoms with Gasteiger partial charge in [0.2, 0.25) is 0 Å². The summed E-state index contributed by atoms with van der Waals surface area (Å²) in [6, 6.07) is 9.01. The average molecular weight is 466 g/mol. The van der Waals surface area contributed by atoms with E-state index in [1.165, 1.54) is 0 Å². The number of hydrogen-bond acceptors (Lipinski definition) is 5. The second-order valence-corrected chi connectivity index (χ2v) is 11.4. The predicted octanol–water partition coefficient (Wildman–Crippen LogP) is 5.78. The normalized spacial score (nSPS) is 17.2. The van der Waals surface area contributed by atoms with Crippen LogP contribution in [0.2, 0.25) is 0 Å². The van der Waals surface area contributed by atoms with Crippen molar-refractivity contribution in [1.82, 2.24) is 14.2 Å². The van der Waals surface area contributed by atoms with Gasteiger partial charge in [0, 0.05) is 36.3 Å². The molecule has 0 aliphatic carbocycles. The van der Waals surface area contributed by atoms with Crippen molar-refractivity contribution in [2.45, 2.75) is 98.4 Å². The van der Waals surface area contributed by atoms with E-state index in [2.05, 4.69) is 64.7 Å². The first kappa shape index (κ1) is 27.0. The van der Waals surface area contributed by atoms with E-state index in [9.17, 15) is 4.79 Å². The molecule has 6 nitrogen and oxygen atoms in total. The van der Waals surface area contributed by atoms with Crippen LogP contribution in [0.1, 0.15) is 78.6 Å². The molecule has 1 atom stereocenters. The molecule has 1 aromatic carbocycles. The predicted molar refractivity (Wildman–Crippen MR) is 134 cm³/mol. The third-order valence-electron chi connectivity index (χ3n) is 5.87. The van der Waals surface area contributed by atoms with Crippen LogP contribution in [0.5, 0.6) is 5.75 Å². The molecular weight excluding hydrogens is 421 g/mol. The van der Waals surface area contributed by atoms with Crippen LogP contribution in [0.4, 0.5) is 0 Å². The minimum Gasteiger partial charge on any atom is -0.497 e. The number of methoxy groups -OCH3 is 1. The van der Waals surface area contributed by atoms with Crippen molar-refractivity contribution < 1.29 is 14.1 Å². The Hall–Kier alpha value is -1.20. The molecule has 1 aliphatic heterocycles. The number of likely N-dealkylation sites (tertiary alicyclic amines) is 1. The Morgan fingerprint density at radius 1 is 0.969 bits per heavy atom. The van der Waals surface area contributed by atoms with Crippen molar-refractivity contribution >= 4 is 14.4 Å². The van der Waals surface area contributed by atoms with Gasteiger partial charge in [0.1, 0.15) is 5.75 Å². The van der Waals surface area contributed by atoms with E-state index in [1.807, 2.05) is 29.2 Å². The van der Waals surface area contributed by atoms with Crippen LogP contribution in [-0.4, -0.2) is 70.6 Å². The molecule has 0 aromatic heterocycles. The molecular formula is C25H44N3O3P. The lowest BCUT2D eigenvalue weighted by molar-refractivity contribution is 0.0679. The third kappa shape index (κ3) is 6.66. The molecule has 0 N–H and O–H groups in total. The highest BCUT2D eigenvalue weighted by molar-refractivity contribution is 7.47. The lowest BCUT2D eigenvalue weighted by Gasteiger charge is -2.46. The number of carbonyl (C=O) groups excluding carboxylic acids is 1. The van der Waals surface area contributed by atoms with Gasteiger partial charge >= 0.3 is 0 Å². The first-order chi connectivity index (χ1) is 15.1. The van der Waals surface area contributed by atoms with Crippen LogP contribution < -0.4 is 4.74 Å². The fourth-order valence-electron chi connectivity index (χ4n) is 4.56. The zero-order valence-corrected chi connectivity index (χ0v) is 22.4. The average Bonchev–Trinajstić information content (AvgIpc) is 3.19. The maximum absolute atomic E-state index is 13.2. The number of rotatable bonds is 11. The van der Waals surface area contributed by atoms with Crippen molar-refractivity contribution in [2.75, 3.05) is 20.3 Å². The second-order valence-electron chi connectivity index (χ2n) is 9.71. The van der Waals surface area contributed by atoms with E-state index in [0.717, 1.165) is 25.1 Å². The Bertz CT molecular complexity index is 673. The fourth-order valence-corrected chi connectivity index (χ4v) is 6.95. The zero-order valence-electron chi connectivity index (χ0n) is 21.5. The number of nitrogens with zero attached hydrogens (tertiary/aromatic N) is 3. The van der Waals surface area contributed by atoms with Crippen LogP contribution in [0.3, 0.4) is 0 Å². The van der Waals surface area contributed by atoms with Crippen molar-refractivity contribution in [3.8, 4) is 5.75 Å². The van der Waals surface area contributed by atoms with Gasteiger partial charge in [0.15, 0.2) is 8.45 Å². The van der Waals surface area contributed by atoms with Crippen LogP contribution in [0.25, 0.3) is 0 Å². The maximum atomic E-state index is 13.2. The van der Waals surface area contributed by atoms with E-state index in [4.69, 9.17) is 9.26 Å². The Morgan fingerprint density at radius 3 is 1.91 bits per heavy atom. The largest absolute Gasteiger partial charge is 0.497 e. The number of carbonyl (C=O) groups is 1. The molecule has 1 aliphatic rings. The number of hydrogen-bond donors (Lipinski definition) is 0. The molecule has 0 radical (unpaired) electrons. The summed E-state index contributed by atoms with van der Waals surface area (Å²) in [5, 5.41) is 0. The van der Waals surface area contributed by atoms with Crippen LogP contribution >= 0.6 is 8.45 Å². The molecule has 1 fully saturated rings. The highest BCUT2D eigenvalue weighted by atomic mass is 31.2. The van der Waals surface area contributed by atoms with E-state index >= 15 is 0 Å². The maximum Gasteiger partial charge on any atom is 0.254 e. The van der Waals surface area contributed by atoms with E-state index in [1.54, 1.807) is 7.11 Å². The first-order valence-corrected chi connectivity index (χ1v) is 13.2. The van der Waals surface area contributed by atoms with E-state index in [-0.39, 0.29) is 11.9 Å². The number of benzene rings is 1. The molecule has 32 heavy (non-hydrogen) atoms. The molecule has 1 aromatic rings. The van der Waals surface area contributed by atoms with Crippen molar-refractivity contribution in [2.24, 2.45) is 0 Å². The highest BCUT2D eigenvalue weighted by Crippen LogP contribution is 2.51. The Balaban J connectivity index is 2.19. The summed E-state index contributed by atoms with van der Waals surface area (Å²) in [5.41, 5.74) is 0.705. The standard InChI is InChI=1S/C25H44N3O3P/c1-18(2)27(19(3)4)32(28(20(5)6)21(7)8)31-17-23-11-10-16-26(23)25(29)22-12-14-24(30-9)15-13-22/h12-15,18-21,23H,10-11,16-17H2,1-9H3. The van der Waals surface area contributed by atoms with Crippen LogP contribution in [-0.2, 0) is 4.52 Å². The molecule has 2 rings (SSSR count). The molecule has 0 bridgehead atoms. The van der Waals surface area contributed by atoms with Crippen LogP contribution in [0, 0.1) is 0 Å². The summed E-state index contributed by atoms with van der Waals surface area (Å²) < 4.78 is 17.0. The van der Waals surface area contributed by atoms with Gasteiger partial charge in [-0.05, 0) is 92.5 Å². The summed E-state index contributed by atoms with van der Waals surface area (Å²) in [6.07, 6.45) is 2.00. The lowest BCUT2D eigenvalue weighted by Crippen LogP contribution is -2.44. The smallest absolute Gasteiger partial charge is 0.254 e. The summed E-state index contributed by atoms with van der Waals surface area (Å²) in [7, 11) is 0.688. The molecule has 7 heteroatoms. The van der Waals surface area contributed by atoms with Gasteiger partial charge < -0.3 is 14.2 Å². The molecule has 1 saturated heterocycles. The van der Waals surface area contributed by atoms with Crippen LogP contribution in [0.15, 0.2) is 24.3 Å². The molecule has 182 valence electrons. The summed E-state index contributed by atoms with van der Waals surface area (Å²) in [5.74, 6) is 0.843. The number of amides is 1. The Morgan fingerprint density at radius 2 is 1.47 bits per heavy atom. The Labute approximate surface area is 197 Å². The van der Waals surface area contributed by atoms with Crippen molar-refractivity contribution in [3.05, 3.63) is 29.8 Å². The molecule has 1 unspecified atom stereocenters. The van der Waals surface area contributed by atoms with Crippen molar-refractivity contribution in [1.29, 1.82) is 0 Å². The Kier molecular flexibility index (Phi) is 10.4. The molecule has 0 spiro atoms. The summed E-state index contributed by atoms with van der Waals surface area (Å²) >= 11 is 0. The van der Waals surface area contributed by atoms with Gasteiger partial charge in [-0.1, -0.05) is 0 Å². The van der Waals surface area contributed by atoms with Gasteiger partial charge in [-0.2, -0.15) is 0 Å². The fraction of sp³-hybridized carbons (Fsp3) is 0.720. The molecule has 1 heterocycles. The monoisotopic (exact) mass is 465 g/mol. The molecule has 1 amide bonds. The topological polar surface area (TPSA) is 45.2 Å². The summed E-state index contributed by atoms with van der Waals surface area (Å²) in [4.78, 5) is 15.2. The van der Waals surface area contributed by atoms with Crippen molar-refractivity contribution in [3.63, 3.8) is 0 Å². The van der Waals surface area contributed by atoms with E-state index in [0.29, 0.717) is 36.3 Å². The minimum absolute atomic E-state index is 0.0808. The van der Waals surface area contributed by atoms with Gasteiger partial charge in [-0.25, -0.2) is 9.34 Å². The quantitative estimate of drug-likeness (QED) is 0.388. The van der Waals surface area contributed by atoms with Gasteiger partial charge in [0.25, 0.3) is 5.91 Å². The first-order valence-electron chi connectivity index (χ1n) is 12.0. The highest BCUT2D eigenvalue weighted by Gasteiger charge is 2.37. The van der Waals surface area contributed by atoms with Gasteiger partial charge in [-0.3, -0.25) is 4.79 Å². The lowest BCUT2D eigenvalue weighted by atomic mass is 10.1. The second kappa shape index (κ2) is 12.3. The summed E-state index contributed by atoms with van der Waals surface area (Å²) in [6.45, 7) is 19.3. The minimum atomic E-state index is -0.949. The molecule has 0 saturated carbocycles. The third-order valence-corrected chi connectivity index (χ3v) is 8.89. The SMILES string of the molecule is COc1ccc(C(=O)N2CCCC2COP(N(C(C)C)C(C)C)N(C(C)C)C(C)C)cc1. The van der Waals surface area contributed by atoms with E-state index < -0.39 is 8.45 Å². The van der Waals surface area contributed by atoms with Gasteiger partial charge in [0.05, 0.1) is 19.8 Å². The number of ether oxygens (including phenoxy) is 1. The zero-order chi connectivity index (χ0) is 24.0. The van der Waals surface area contributed by atoms with Gasteiger partial charge in [-0.15, -0.1) is 0 Å².